The van der Waals surface area contributed by atoms with Crippen LogP contribution in [0.3, 0.4) is 0 Å². The van der Waals surface area contributed by atoms with Crippen molar-refractivity contribution in [1.29, 1.82) is 0 Å². The lowest BCUT2D eigenvalue weighted by atomic mass is 9.76. The second-order valence-corrected chi connectivity index (χ2v) is 10.0. The molecule has 0 aliphatic heterocycles. The van der Waals surface area contributed by atoms with E-state index in [1.807, 2.05) is 42.5 Å². The second-order valence-electron chi connectivity index (χ2n) is 8.57. The van der Waals surface area contributed by atoms with E-state index in [1.54, 1.807) is 6.92 Å². The Morgan fingerprint density at radius 2 is 1.19 bits per heavy atom. The van der Waals surface area contributed by atoms with Crippen LogP contribution in [-0.2, 0) is 25.8 Å². The zero-order valence-electron chi connectivity index (χ0n) is 20.6. The Kier molecular flexibility index (Phi) is 8.52. The van der Waals surface area contributed by atoms with E-state index in [0.717, 1.165) is 27.8 Å². The number of hydrogen-bond acceptors (Lipinski definition) is 4. The predicted molar refractivity (Wildman–Crippen MR) is 143 cm³/mol. The van der Waals surface area contributed by atoms with Crippen LogP contribution in [0, 0.1) is 0 Å². The van der Waals surface area contributed by atoms with E-state index in [9.17, 15) is 9.46 Å². The molecule has 0 aliphatic carbocycles. The Balaban J connectivity index is 1.79. The smallest absolute Gasteiger partial charge is 0.302 e. The largest absolute Gasteiger partial charge is 0.472 e. The van der Waals surface area contributed by atoms with Crippen molar-refractivity contribution in [3.05, 3.63) is 143 Å². The zero-order valence-corrected chi connectivity index (χ0v) is 21.5. The molecule has 4 aromatic rings. The normalized spacial score (nSPS) is 14.2. The summed E-state index contributed by atoms with van der Waals surface area (Å²) in [6.45, 7) is 3.82. The van der Waals surface area contributed by atoms with Crippen LogP contribution in [0.1, 0.15) is 47.7 Å². The first kappa shape index (κ1) is 26.0. The van der Waals surface area contributed by atoms with E-state index in [0.29, 0.717) is 0 Å². The minimum Gasteiger partial charge on any atom is -0.302 e. The zero-order chi connectivity index (χ0) is 25.4. The summed E-state index contributed by atoms with van der Waals surface area (Å²) < 4.78 is 22.3. The summed E-state index contributed by atoms with van der Waals surface area (Å²) in [5.41, 5.74) is 4.47. The summed E-state index contributed by atoms with van der Waals surface area (Å²) >= 11 is 0. The molecule has 5 nitrogen and oxygen atoms in total. The maximum Gasteiger partial charge on any atom is 0.472 e. The molecule has 4 rings (SSSR count). The van der Waals surface area contributed by atoms with Crippen molar-refractivity contribution >= 4 is 7.82 Å². The van der Waals surface area contributed by atoms with E-state index in [4.69, 9.17) is 9.05 Å². The van der Waals surface area contributed by atoms with Crippen LogP contribution >= 0.6 is 7.82 Å². The molecule has 4 aromatic carbocycles. The van der Waals surface area contributed by atoms with Gasteiger partial charge in [0.2, 0.25) is 0 Å². The number of hydrogen-bond donors (Lipinski definition) is 2. The molecule has 0 fully saturated rings. The molecule has 0 amide bonds. The van der Waals surface area contributed by atoms with Gasteiger partial charge in [0.15, 0.2) is 0 Å². The van der Waals surface area contributed by atoms with Gasteiger partial charge in [0.05, 0.1) is 18.8 Å². The molecule has 2 N–H and O–H groups in total. The molecule has 2 atom stereocenters. The monoisotopic (exact) mass is 501 g/mol. The third-order valence-corrected chi connectivity index (χ3v) is 7.29. The van der Waals surface area contributed by atoms with Crippen molar-refractivity contribution < 1.29 is 18.5 Å². The van der Waals surface area contributed by atoms with Crippen molar-refractivity contribution in [2.75, 3.05) is 6.61 Å². The first-order chi connectivity index (χ1) is 17.5. The summed E-state index contributed by atoms with van der Waals surface area (Å²) in [5, 5.41) is 3.94. The second kappa shape index (κ2) is 11.8. The molecule has 2 unspecified atom stereocenters. The predicted octanol–water partition coefficient (Wildman–Crippen LogP) is 6.98. The van der Waals surface area contributed by atoms with Gasteiger partial charge >= 0.3 is 7.82 Å². The van der Waals surface area contributed by atoms with Crippen LogP contribution in [0.2, 0.25) is 0 Å². The molecule has 0 heterocycles. The molecule has 36 heavy (non-hydrogen) atoms. The molecule has 0 spiro atoms. The number of benzene rings is 4. The fraction of sp³-hybridized carbons (Fsp3) is 0.200. The highest BCUT2D eigenvalue weighted by Gasteiger charge is 2.37. The van der Waals surface area contributed by atoms with Gasteiger partial charge in [-0.15, -0.1) is 0 Å². The molecule has 0 saturated carbocycles. The molecule has 0 bridgehead atoms. The van der Waals surface area contributed by atoms with Gasteiger partial charge in [-0.3, -0.25) is 14.4 Å². The highest BCUT2D eigenvalue weighted by atomic mass is 31.2. The lowest BCUT2D eigenvalue weighted by Gasteiger charge is -2.40. The Morgan fingerprint density at radius 1 is 0.750 bits per heavy atom. The molecule has 0 saturated heterocycles. The van der Waals surface area contributed by atoms with Gasteiger partial charge in [0.25, 0.3) is 0 Å². The van der Waals surface area contributed by atoms with Gasteiger partial charge in [0.1, 0.15) is 0 Å². The summed E-state index contributed by atoms with van der Waals surface area (Å²) in [4.78, 5) is 9.93. The summed E-state index contributed by atoms with van der Waals surface area (Å²) in [5.74, 6) is 0. The molecule has 6 heteroatoms. The molecule has 186 valence electrons. The first-order valence-corrected chi connectivity index (χ1v) is 13.6. The third-order valence-electron chi connectivity index (χ3n) is 6.25. The Bertz CT molecular complexity index is 1190. The van der Waals surface area contributed by atoms with Crippen LogP contribution < -0.4 is 5.32 Å². The first-order valence-electron chi connectivity index (χ1n) is 12.1. The third kappa shape index (κ3) is 5.84. The Morgan fingerprint density at radius 3 is 1.67 bits per heavy atom. The van der Waals surface area contributed by atoms with Crippen LogP contribution in [0.25, 0.3) is 0 Å². The molecule has 0 radical (unpaired) electrons. The van der Waals surface area contributed by atoms with Crippen molar-refractivity contribution in [3.8, 4) is 0 Å². The molecule has 0 aliphatic rings. The standard InChI is InChI=1S/C30H32NO4P/c1-3-34-36(32,33)35-23-25-15-13-14-22-29(25)24(2)31-30(26-16-7-4-8-17-26,27-18-9-5-10-19-27)28-20-11-6-12-21-28/h4-22,24,31H,3,23H2,1-2H3,(H,32,33). The van der Waals surface area contributed by atoms with E-state index in [-0.39, 0.29) is 19.3 Å². The van der Waals surface area contributed by atoms with Crippen molar-refractivity contribution in [2.45, 2.75) is 32.0 Å². The van der Waals surface area contributed by atoms with Gasteiger partial charge in [-0.05, 0) is 41.7 Å². The highest BCUT2D eigenvalue weighted by Crippen LogP contribution is 2.44. The van der Waals surface area contributed by atoms with Gasteiger partial charge in [-0.2, -0.15) is 0 Å². The minimum absolute atomic E-state index is 0.0367. The molecular formula is C30H32NO4P. The average Bonchev–Trinajstić information content (AvgIpc) is 2.92. The SMILES string of the molecule is CCOP(=O)(O)OCc1ccccc1C(C)NC(c1ccccc1)(c1ccccc1)c1ccccc1. The van der Waals surface area contributed by atoms with Crippen molar-refractivity contribution in [3.63, 3.8) is 0 Å². The van der Waals surface area contributed by atoms with Crippen LogP contribution in [-0.4, -0.2) is 11.5 Å². The lowest BCUT2D eigenvalue weighted by molar-refractivity contribution is 0.148. The summed E-state index contributed by atoms with van der Waals surface area (Å²) in [6.07, 6.45) is 0. The minimum atomic E-state index is -4.11. The maximum atomic E-state index is 12.1. The van der Waals surface area contributed by atoms with Gasteiger partial charge in [-0.1, -0.05) is 115 Å². The van der Waals surface area contributed by atoms with E-state index in [1.165, 1.54) is 0 Å². The lowest BCUT2D eigenvalue weighted by Crippen LogP contribution is -2.46. The van der Waals surface area contributed by atoms with Crippen molar-refractivity contribution in [1.82, 2.24) is 5.32 Å². The fourth-order valence-corrected chi connectivity index (χ4v) is 5.36. The summed E-state index contributed by atoms with van der Waals surface area (Å²) in [7, 11) is -4.11. The molecular weight excluding hydrogens is 469 g/mol. The number of phosphoric acid groups is 1. The van der Waals surface area contributed by atoms with E-state index >= 15 is 0 Å². The van der Waals surface area contributed by atoms with Crippen LogP contribution in [0.4, 0.5) is 0 Å². The van der Waals surface area contributed by atoms with Crippen LogP contribution in [0.5, 0.6) is 0 Å². The Labute approximate surface area is 213 Å². The van der Waals surface area contributed by atoms with Gasteiger partial charge in [0, 0.05) is 6.04 Å². The number of nitrogens with one attached hydrogen (secondary N) is 1. The van der Waals surface area contributed by atoms with Crippen molar-refractivity contribution in [2.24, 2.45) is 0 Å². The average molecular weight is 502 g/mol. The van der Waals surface area contributed by atoms with E-state index < -0.39 is 13.4 Å². The maximum absolute atomic E-state index is 12.1. The van der Waals surface area contributed by atoms with E-state index in [2.05, 4.69) is 85.0 Å². The fourth-order valence-electron chi connectivity index (χ4n) is 4.66. The number of rotatable bonds is 11. The van der Waals surface area contributed by atoms with Crippen LogP contribution in [0.15, 0.2) is 115 Å². The van der Waals surface area contributed by atoms with Gasteiger partial charge < -0.3 is 4.89 Å². The van der Waals surface area contributed by atoms with Gasteiger partial charge in [-0.25, -0.2) is 4.57 Å². The Hall–Kier alpha value is -3.05. The highest BCUT2D eigenvalue weighted by molar-refractivity contribution is 7.47. The quantitative estimate of drug-likeness (QED) is 0.171. The molecule has 0 aromatic heterocycles. The summed E-state index contributed by atoms with van der Waals surface area (Å²) in [6, 6.07) is 38.9. The number of phosphoric ester groups is 1. The topological polar surface area (TPSA) is 67.8 Å².